The predicted octanol–water partition coefficient (Wildman–Crippen LogP) is 3.71. The largest absolute Gasteiger partial charge is 0.457 e. The molecule has 0 amide bonds. The number of esters is 4. The Bertz CT molecular complexity index is 1070. The van der Waals surface area contributed by atoms with Gasteiger partial charge in [-0.05, 0) is 23.3 Å². The summed E-state index contributed by atoms with van der Waals surface area (Å²) in [6, 6.07) is 20.2. The molecule has 0 saturated carbocycles. The average molecular weight is 416 g/mol. The molecule has 0 radical (unpaired) electrons. The van der Waals surface area contributed by atoms with Crippen LogP contribution < -0.4 is 0 Å². The van der Waals surface area contributed by atoms with Crippen LogP contribution in [0.15, 0.2) is 72.8 Å². The van der Waals surface area contributed by atoms with E-state index < -0.39 is 23.9 Å². The Morgan fingerprint density at radius 2 is 1.03 bits per heavy atom. The van der Waals surface area contributed by atoms with Crippen LogP contribution in [0.4, 0.5) is 0 Å². The van der Waals surface area contributed by atoms with E-state index in [2.05, 4.69) is 4.74 Å². The van der Waals surface area contributed by atoms with Crippen LogP contribution in [-0.4, -0.2) is 23.9 Å². The SMILES string of the molecule is O=C(OCc1ccccc1)c1cc2c(cc1C(=O)OCc1ccccc1)C(=O)OC2=O. The number of fused-ring (bicyclic) bond motifs is 1. The van der Waals surface area contributed by atoms with Gasteiger partial charge in [0.2, 0.25) is 0 Å². The molecule has 0 unspecified atom stereocenters. The third-order valence-electron chi connectivity index (χ3n) is 4.65. The Labute approximate surface area is 177 Å². The number of rotatable bonds is 6. The second-order valence-corrected chi connectivity index (χ2v) is 6.74. The number of hydrogen-bond acceptors (Lipinski definition) is 7. The van der Waals surface area contributed by atoms with Crippen molar-refractivity contribution in [2.24, 2.45) is 0 Å². The van der Waals surface area contributed by atoms with E-state index in [0.29, 0.717) is 0 Å². The van der Waals surface area contributed by atoms with Crippen molar-refractivity contribution in [2.75, 3.05) is 0 Å². The van der Waals surface area contributed by atoms with Gasteiger partial charge in [-0.2, -0.15) is 0 Å². The summed E-state index contributed by atoms with van der Waals surface area (Å²) in [7, 11) is 0. The monoisotopic (exact) mass is 416 g/mol. The lowest BCUT2D eigenvalue weighted by molar-refractivity contribution is 0.0425. The van der Waals surface area contributed by atoms with E-state index in [9.17, 15) is 19.2 Å². The average Bonchev–Trinajstić information content (AvgIpc) is 3.09. The quantitative estimate of drug-likeness (QED) is 0.343. The molecule has 31 heavy (non-hydrogen) atoms. The summed E-state index contributed by atoms with van der Waals surface area (Å²) in [5, 5.41) is 0. The van der Waals surface area contributed by atoms with Crippen LogP contribution in [0, 0.1) is 0 Å². The van der Waals surface area contributed by atoms with Gasteiger partial charge in [0.15, 0.2) is 0 Å². The molecule has 3 aromatic carbocycles. The van der Waals surface area contributed by atoms with Gasteiger partial charge in [-0.1, -0.05) is 60.7 Å². The highest BCUT2D eigenvalue weighted by Crippen LogP contribution is 2.26. The Balaban J connectivity index is 1.61. The zero-order valence-corrected chi connectivity index (χ0v) is 16.2. The molecule has 0 bridgehead atoms. The molecule has 0 saturated heterocycles. The van der Waals surface area contributed by atoms with E-state index >= 15 is 0 Å². The zero-order valence-electron chi connectivity index (χ0n) is 16.2. The number of benzene rings is 3. The third kappa shape index (κ3) is 4.35. The minimum atomic E-state index is -0.888. The predicted molar refractivity (Wildman–Crippen MR) is 107 cm³/mol. The normalized spacial score (nSPS) is 12.1. The number of hydrogen-bond donors (Lipinski definition) is 0. The van der Waals surface area contributed by atoms with Crippen LogP contribution >= 0.6 is 0 Å². The standard InChI is InChI=1S/C24H16O7/c25-21(29-13-15-7-3-1-4-8-15)17-11-19-20(24(28)31-23(19)27)12-18(17)22(26)30-14-16-9-5-2-6-10-16/h1-12H,13-14H2. The van der Waals surface area contributed by atoms with Crippen LogP contribution in [0.3, 0.4) is 0 Å². The molecule has 0 aliphatic carbocycles. The van der Waals surface area contributed by atoms with Gasteiger partial charge in [0.25, 0.3) is 0 Å². The number of carbonyl (C=O) groups is 4. The maximum atomic E-state index is 12.7. The van der Waals surface area contributed by atoms with Crippen molar-refractivity contribution < 1.29 is 33.4 Å². The summed E-state index contributed by atoms with van der Waals surface area (Å²) in [6.45, 7) is -0.0583. The molecule has 154 valence electrons. The number of ether oxygens (including phenoxy) is 3. The lowest BCUT2D eigenvalue weighted by atomic mass is 9.99. The van der Waals surface area contributed by atoms with E-state index in [4.69, 9.17) is 9.47 Å². The van der Waals surface area contributed by atoms with Crippen molar-refractivity contribution in [3.8, 4) is 0 Å². The topological polar surface area (TPSA) is 96.0 Å². The molecular formula is C24H16O7. The van der Waals surface area contributed by atoms with Gasteiger partial charge in [-0.25, -0.2) is 19.2 Å². The molecule has 7 nitrogen and oxygen atoms in total. The molecular weight excluding hydrogens is 400 g/mol. The van der Waals surface area contributed by atoms with E-state index in [1.807, 2.05) is 12.1 Å². The van der Waals surface area contributed by atoms with E-state index in [1.54, 1.807) is 48.5 Å². The summed E-state index contributed by atoms with van der Waals surface area (Å²) in [4.78, 5) is 49.3. The molecule has 7 heteroatoms. The fourth-order valence-corrected chi connectivity index (χ4v) is 3.07. The first kappa shape index (κ1) is 20.0. The highest BCUT2D eigenvalue weighted by molar-refractivity contribution is 6.17. The second-order valence-electron chi connectivity index (χ2n) is 6.74. The molecule has 4 rings (SSSR count). The molecule has 0 spiro atoms. The summed E-state index contributed by atoms with van der Waals surface area (Å²) in [6.07, 6.45) is 0. The fraction of sp³-hybridized carbons (Fsp3) is 0.0833. The first-order chi connectivity index (χ1) is 15.0. The van der Waals surface area contributed by atoms with Crippen molar-refractivity contribution >= 4 is 23.9 Å². The molecule has 1 heterocycles. The van der Waals surface area contributed by atoms with Crippen molar-refractivity contribution in [3.63, 3.8) is 0 Å². The molecule has 1 aliphatic rings. The molecule has 1 aliphatic heterocycles. The molecule has 0 N–H and O–H groups in total. The van der Waals surface area contributed by atoms with Crippen LogP contribution in [0.1, 0.15) is 52.6 Å². The Morgan fingerprint density at radius 1 is 0.645 bits per heavy atom. The smallest absolute Gasteiger partial charge is 0.346 e. The Morgan fingerprint density at radius 3 is 1.42 bits per heavy atom. The molecule has 0 atom stereocenters. The highest BCUT2D eigenvalue weighted by Gasteiger charge is 2.34. The van der Waals surface area contributed by atoms with Crippen LogP contribution in [0.5, 0.6) is 0 Å². The Kier molecular flexibility index (Phi) is 5.57. The van der Waals surface area contributed by atoms with Gasteiger partial charge in [0.05, 0.1) is 22.3 Å². The van der Waals surface area contributed by atoms with Gasteiger partial charge in [-0.15, -0.1) is 0 Å². The summed E-state index contributed by atoms with van der Waals surface area (Å²) in [5.41, 5.74) is 0.936. The van der Waals surface area contributed by atoms with Gasteiger partial charge >= 0.3 is 23.9 Å². The summed E-state index contributed by atoms with van der Waals surface area (Å²) >= 11 is 0. The second kappa shape index (κ2) is 8.62. The van der Waals surface area contributed by atoms with Gasteiger partial charge < -0.3 is 14.2 Å². The summed E-state index contributed by atoms with van der Waals surface area (Å²) in [5.74, 6) is -3.43. The van der Waals surface area contributed by atoms with E-state index in [1.165, 1.54) is 0 Å². The van der Waals surface area contributed by atoms with Gasteiger partial charge in [0.1, 0.15) is 13.2 Å². The number of cyclic esters (lactones) is 2. The van der Waals surface area contributed by atoms with E-state index in [-0.39, 0.29) is 35.5 Å². The minimum absolute atomic E-state index is 0.0291. The van der Waals surface area contributed by atoms with Crippen LogP contribution in [0.25, 0.3) is 0 Å². The van der Waals surface area contributed by atoms with Gasteiger partial charge in [0, 0.05) is 0 Å². The van der Waals surface area contributed by atoms with Gasteiger partial charge in [-0.3, -0.25) is 0 Å². The minimum Gasteiger partial charge on any atom is -0.457 e. The fourth-order valence-electron chi connectivity index (χ4n) is 3.07. The van der Waals surface area contributed by atoms with Crippen molar-refractivity contribution in [1.29, 1.82) is 0 Å². The third-order valence-corrected chi connectivity index (χ3v) is 4.65. The highest BCUT2D eigenvalue weighted by atomic mass is 16.6. The molecule has 0 aromatic heterocycles. The lowest BCUT2D eigenvalue weighted by Gasteiger charge is -2.11. The maximum absolute atomic E-state index is 12.7. The lowest BCUT2D eigenvalue weighted by Crippen LogP contribution is -2.16. The van der Waals surface area contributed by atoms with E-state index in [0.717, 1.165) is 23.3 Å². The maximum Gasteiger partial charge on any atom is 0.346 e. The number of carbonyl (C=O) groups excluding carboxylic acids is 4. The van der Waals surface area contributed by atoms with Crippen molar-refractivity contribution in [3.05, 3.63) is 106 Å². The first-order valence-corrected chi connectivity index (χ1v) is 9.39. The van der Waals surface area contributed by atoms with Crippen LogP contribution in [-0.2, 0) is 27.4 Å². The summed E-state index contributed by atoms with van der Waals surface area (Å²) < 4.78 is 15.2. The Hall–Kier alpha value is -4.26. The van der Waals surface area contributed by atoms with Crippen molar-refractivity contribution in [1.82, 2.24) is 0 Å². The van der Waals surface area contributed by atoms with Crippen LogP contribution in [0.2, 0.25) is 0 Å². The van der Waals surface area contributed by atoms with Crippen molar-refractivity contribution in [2.45, 2.75) is 13.2 Å². The molecule has 3 aromatic rings. The first-order valence-electron chi connectivity index (χ1n) is 9.39. The zero-order chi connectivity index (χ0) is 21.8. The molecule has 0 fully saturated rings.